The van der Waals surface area contributed by atoms with Crippen LogP contribution in [-0.2, 0) is 17.5 Å². The molecule has 0 radical (unpaired) electrons. The molecule has 0 saturated carbocycles. The first-order chi connectivity index (χ1) is 15.5. The molecule has 2 heterocycles. The molecule has 2 atom stereocenters. The van der Waals surface area contributed by atoms with Gasteiger partial charge in [-0.05, 0) is 61.4 Å². The van der Waals surface area contributed by atoms with Gasteiger partial charge in [-0.2, -0.15) is 13.2 Å². The van der Waals surface area contributed by atoms with Crippen molar-refractivity contribution < 1.29 is 23.1 Å². The Morgan fingerprint density at radius 2 is 1.97 bits per heavy atom. The Morgan fingerprint density at radius 1 is 1.21 bits per heavy atom. The number of hydrogen-bond acceptors (Lipinski definition) is 4. The lowest BCUT2D eigenvalue weighted by molar-refractivity contribution is -0.141. The molecule has 4 rings (SSSR count). The molecule has 0 aliphatic carbocycles. The Kier molecular flexibility index (Phi) is 6.09. The predicted molar refractivity (Wildman–Crippen MR) is 123 cm³/mol. The zero-order chi connectivity index (χ0) is 24.0. The number of rotatable bonds is 5. The van der Waals surface area contributed by atoms with E-state index in [9.17, 15) is 23.1 Å². The molecule has 3 aromatic rings. The number of pyridine rings is 1. The third-order valence-corrected chi connectivity index (χ3v) is 7.66. The van der Waals surface area contributed by atoms with Gasteiger partial charge >= 0.3 is 12.1 Å². The minimum Gasteiger partial charge on any atom is -0.478 e. The van der Waals surface area contributed by atoms with Crippen LogP contribution in [0.3, 0.4) is 0 Å². The quantitative estimate of drug-likeness (QED) is 0.421. The van der Waals surface area contributed by atoms with E-state index in [0.29, 0.717) is 17.1 Å². The van der Waals surface area contributed by atoms with Crippen LogP contribution in [0.4, 0.5) is 18.9 Å². The zero-order valence-electron chi connectivity index (χ0n) is 17.7. The van der Waals surface area contributed by atoms with Crippen molar-refractivity contribution in [2.45, 2.75) is 42.3 Å². The second-order valence-electron chi connectivity index (χ2n) is 8.06. The number of fused-ring (bicyclic) bond motifs is 1. The van der Waals surface area contributed by atoms with Crippen LogP contribution in [0.15, 0.2) is 65.7 Å². The van der Waals surface area contributed by atoms with Gasteiger partial charge < -0.3 is 10.0 Å². The summed E-state index contributed by atoms with van der Waals surface area (Å²) in [6, 6.07) is 14.7. The van der Waals surface area contributed by atoms with E-state index < -0.39 is 22.6 Å². The van der Waals surface area contributed by atoms with Crippen molar-refractivity contribution in [3.05, 3.63) is 88.2 Å². The number of carboxylic acid groups (broad SMARTS) is 1. The van der Waals surface area contributed by atoms with Crippen molar-refractivity contribution in [1.29, 1.82) is 0 Å². The number of thioether (sulfide) groups is 1. The smallest absolute Gasteiger partial charge is 0.433 e. The predicted octanol–water partition coefficient (Wildman–Crippen LogP) is 6.87. The molecule has 0 amide bonds. The first-order valence-electron chi connectivity index (χ1n) is 10.1. The highest BCUT2D eigenvalue weighted by Crippen LogP contribution is 2.55. The minimum absolute atomic E-state index is 0.0771. The van der Waals surface area contributed by atoms with Crippen LogP contribution >= 0.6 is 23.4 Å². The van der Waals surface area contributed by atoms with Crippen LogP contribution in [0.1, 0.15) is 41.0 Å². The number of halogens is 4. The lowest BCUT2D eigenvalue weighted by Crippen LogP contribution is -2.38. The van der Waals surface area contributed by atoms with Crippen molar-refractivity contribution in [3.63, 3.8) is 0 Å². The number of aromatic carboxylic acids is 1. The van der Waals surface area contributed by atoms with Gasteiger partial charge in [-0.15, -0.1) is 11.8 Å². The lowest BCUT2D eigenvalue weighted by atomic mass is 9.97. The van der Waals surface area contributed by atoms with Crippen molar-refractivity contribution >= 4 is 35.0 Å². The summed E-state index contributed by atoms with van der Waals surface area (Å²) in [5, 5.41) is 9.90. The number of carbonyl (C=O) groups is 1. The summed E-state index contributed by atoms with van der Waals surface area (Å²) in [6.45, 7) is 4.47. The molecule has 1 aliphatic heterocycles. The Balaban J connectivity index is 1.68. The van der Waals surface area contributed by atoms with Crippen LogP contribution in [0.2, 0.25) is 5.02 Å². The molecule has 172 valence electrons. The Bertz CT molecular complexity index is 1200. The van der Waals surface area contributed by atoms with Crippen LogP contribution in [0.5, 0.6) is 0 Å². The van der Waals surface area contributed by atoms with Gasteiger partial charge in [0.15, 0.2) is 0 Å². The summed E-state index contributed by atoms with van der Waals surface area (Å²) in [4.78, 5) is 17.9. The minimum atomic E-state index is -4.49. The number of hydrogen-bond donors (Lipinski definition) is 1. The number of carboxylic acids is 1. The molecular weight excluding hydrogens is 473 g/mol. The summed E-state index contributed by atoms with van der Waals surface area (Å²) in [5.41, 5.74) is 1.83. The maximum Gasteiger partial charge on any atom is 0.433 e. The highest BCUT2D eigenvalue weighted by molar-refractivity contribution is 8.00. The van der Waals surface area contributed by atoms with Crippen LogP contribution in [0, 0.1) is 0 Å². The molecule has 0 bridgehead atoms. The Hall–Kier alpha value is -2.71. The molecule has 0 saturated heterocycles. The topological polar surface area (TPSA) is 53.4 Å². The number of anilines is 1. The van der Waals surface area contributed by atoms with Gasteiger partial charge in [0.25, 0.3) is 0 Å². The molecule has 2 aromatic carbocycles. The molecule has 2 unspecified atom stereocenters. The number of nitrogens with zero attached hydrogens (tertiary/aromatic N) is 2. The summed E-state index contributed by atoms with van der Waals surface area (Å²) in [7, 11) is 0. The Labute approximate surface area is 198 Å². The number of benzene rings is 2. The van der Waals surface area contributed by atoms with E-state index in [-0.39, 0.29) is 11.6 Å². The van der Waals surface area contributed by atoms with E-state index in [1.165, 1.54) is 12.3 Å². The van der Waals surface area contributed by atoms with Crippen LogP contribution < -0.4 is 4.90 Å². The molecule has 0 fully saturated rings. The molecule has 0 spiro atoms. The van der Waals surface area contributed by atoms with Gasteiger partial charge in [-0.25, -0.2) is 4.79 Å². The van der Waals surface area contributed by atoms with Crippen LogP contribution in [-0.4, -0.2) is 22.1 Å². The second kappa shape index (κ2) is 8.57. The number of alkyl halides is 3. The highest BCUT2D eigenvalue weighted by atomic mass is 35.5. The normalized spacial score (nSPS) is 20.1. The summed E-state index contributed by atoms with van der Waals surface area (Å²) in [6.07, 6.45) is -3.24. The molecule has 1 N–H and O–H groups in total. The molecule has 1 aromatic heterocycles. The first kappa shape index (κ1) is 23.4. The highest BCUT2D eigenvalue weighted by Gasteiger charge is 2.46. The summed E-state index contributed by atoms with van der Waals surface area (Å²) >= 11 is 7.83. The van der Waals surface area contributed by atoms with Gasteiger partial charge in [-0.1, -0.05) is 29.8 Å². The fourth-order valence-electron chi connectivity index (χ4n) is 4.08. The van der Waals surface area contributed by atoms with E-state index >= 15 is 0 Å². The maximum atomic E-state index is 12.9. The van der Waals surface area contributed by atoms with Crippen molar-refractivity contribution in [2.24, 2.45) is 0 Å². The third-order valence-electron chi connectivity index (χ3n) is 5.95. The van der Waals surface area contributed by atoms with E-state index in [0.717, 1.165) is 22.2 Å². The molecule has 33 heavy (non-hydrogen) atoms. The standard InChI is InChI=1S/C24H20ClF3N2O2S/c1-14-23(2,33-18-5-3-4-16(10-18)22(31)32)19-8-7-17(25)11-20(19)30(14)13-15-6-9-21(29-12-15)24(26,27)28/h3-12,14H,13H2,1-2H3,(H,31,32). The molecule has 1 aliphatic rings. The van der Waals surface area contributed by atoms with Gasteiger partial charge in [-0.3, -0.25) is 4.98 Å². The zero-order valence-corrected chi connectivity index (χ0v) is 19.3. The van der Waals surface area contributed by atoms with Gasteiger partial charge in [0, 0.05) is 34.4 Å². The van der Waals surface area contributed by atoms with Gasteiger partial charge in [0.05, 0.1) is 10.3 Å². The Morgan fingerprint density at radius 3 is 2.61 bits per heavy atom. The average Bonchev–Trinajstić information content (AvgIpc) is 2.95. The fourth-order valence-corrected chi connectivity index (χ4v) is 5.64. The fraction of sp³-hybridized carbons (Fsp3) is 0.250. The van der Waals surface area contributed by atoms with Crippen LogP contribution in [0.25, 0.3) is 0 Å². The van der Waals surface area contributed by atoms with Crippen molar-refractivity contribution in [2.75, 3.05) is 4.90 Å². The molecule has 4 nitrogen and oxygen atoms in total. The third kappa shape index (κ3) is 4.54. The van der Waals surface area contributed by atoms with E-state index in [1.807, 2.05) is 31.2 Å². The van der Waals surface area contributed by atoms with Gasteiger partial charge in [0.2, 0.25) is 0 Å². The van der Waals surface area contributed by atoms with E-state index in [1.54, 1.807) is 30.0 Å². The summed E-state index contributed by atoms with van der Waals surface area (Å²) in [5.74, 6) is -0.995. The van der Waals surface area contributed by atoms with Gasteiger partial charge in [0.1, 0.15) is 5.69 Å². The second-order valence-corrected chi connectivity index (χ2v) is 10.0. The average molecular weight is 493 g/mol. The largest absolute Gasteiger partial charge is 0.478 e. The lowest BCUT2D eigenvalue weighted by Gasteiger charge is -2.34. The van der Waals surface area contributed by atoms with E-state index in [2.05, 4.69) is 16.8 Å². The summed E-state index contributed by atoms with van der Waals surface area (Å²) < 4.78 is 38.2. The maximum absolute atomic E-state index is 12.9. The van der Waals surface area contributed by atoms with Crippen molar-refractivity contribution in [3.8, 4) is 0 Å². The SMILES string of the molecule is CC1N(Cc2ccc(C(F)(F)F)nc2)c2cc(Cl)ccc2C1(C)Sc1cccc(C(=O)O)c1. The first-order valence-corrected chi connectivity index (χ1v) is 11.3. The molecule has 9 heteroatoms. The molecular formula is C24H20ClF3N2O2S. The van der Waals surface area contributed by atoms with E-state index in [4.69, 9.17) is 11.6 Å². The van der Waals surface area contributed by atoms with Crippen molar-refractivity contribution in [1.82, 2.24) is 4.98 Å². The number of aromatic nitrogens is 1. The monoisotopic (exact) mass is 492 g/mol.